The summed E-state index contributed by atoms with van der Waals surface area (Å²) in [6.07, 6.45) is 2.53. The van der Waals surface area contributed by atoms with E-state index >= 15 is 0 Å². The number of benzene rings is 1. The quantitative estimate of drug-likeness (QED) is 0.921. The van der Waals surface area contributed by atoms with E-state index in [9.17, 15) is 4.39 Å². The van der Waals surface area contributed by atoms with Crippen molar-refractivity contribution in [2.75, 3.05) is 7.05 Å². The summed E-state index contributed by atoms with van der Waals surface area (Å²) in [5.74, 6) is -0.277. The summed E-state index contributed by atoms with van der Waals surface area (Å²) >= 11 is 7.31. The molecule has 1 aromatic carbocycles. The zero-order valence-corrected chi connectivity index (χ0v) is 10.9. The zero-order chi connectivity index (χ0) is 12.3. The fourth-order valence-corrected chi connectivity index (χ4v) is 2.50. The van der Waals surface area contributed by atoms with Crippen molar-refractivity contribution in [1.82, 2.24) is 10.3 Å². The third-order valence-corrected chi connectivity index (χ3v) is 3.61. The molecule has 17 heavy (non-hydrogen) atoms. The number of halogens is 2. The lowest BCUT2D eigenvalue weighted by Crippen LogP contribution is -2.19. The normalized spacial score (nSPS) is 12.6. The molecule has 0 amide bonds. The molecule has 2 rings (SSSR count). The van der Waals surface area contributed by atoms with E-state index in [0.717, 1.165) is 11.3 Å². The Morgan fingerprint density at radius 3 is 2.94 bits per heavy atom. The standard InChI is InChI=1S/C12H12ClFN2S/c1-15-12(5-9-6-16-7-17-9)10-3-2-8(13)4-11(10)14/h2-4,6-7,12,15H,5H2,1H3. The molecule has 0 aliphatic rings. The first kappa shape index (κ1) is 12.5. The fraction of sp³-hybridized carbons (Fsp3) is 0.250. The maximum Gasteiger partial charge on any atom is 0.129 e. The van der Waals surface area contributed by atoms with E-state index in [2.05, 4.69) is 10.3 Å². The second-order valence-corrected chi connectivity index (χ2v) is 5.09. The number of nitrogens with zero attached hydrogens (tertiary/aromatic N) is 1. The maximum atomic E-state index is 13.8. The number of aromatic nitrogens is 1. The van der Waals surface area contributed by atoms with Crippen LogP contribution in [0.1, 0.15) is 16.5 Å². The van der Waals surface area contributed by atoms with Crippen molar-refractivity contribution in [1.29, 1.82) is 0 Å². The third kappa shape index (κ3) is 3.03. The Hall–Kier alpha value is -0.970. The highest BCUT2D eigenvalue weighted by Gasteiger charge is 2.15. The van der Waals surface area contributed by atoms with Crippen molar-refractivity contribution in [2.45, 2.75) is 12.5 Å². The summed E-state index contributed by atoms with van der Waals surface area (Å²) in [4.78, 5) is 5.14. The van der Waals surface area contributed by atoms with Gasteiger partial charge in [-0.25, -0.2) is 4.39 Å². The highest BCUT2D eigenvalue weighted by atomic mass is 35.5. The van der Waals surface area contributed by atoms with Gasteiger partial charge in [-0.2, -0.15) is 0 Å². The molecule has 0 bridgehead atoms. The average Bonchev–Trinajstić information content (AvgIpc) is 2.79. The van der Waals surface area contributed by atoms with Gasteiger partial charge in [0.2, 0.25) is 0 Å². The van der Waals surface area contributed by atoms with Crippen LogP contribution in [0.15, 0.2) is 29.9 Å². The molecule has 2 aromatic rings. The van der Waals surface area contributed by atoms with Crippen LogP contribution < -0.4 is 5.32 Å². The van der Waals surface area contributed by atoms with Gasteiger partial charge in [-0.05, 0) is 19.2 Å². The molecule has 1 aromatic heterocycles. The van der Waals surface area contributed by atoms with Gasteiger partial charge in [0, 0.05) is 34.1 Å². The van der Waals surface area contributed by atoms with E-state index in [1.165, 1.54) is 6.07 Å². The van der Waals surface area contributed by atoms with Crippen molar-refractivity contribution in [3.63, 3.8) is 0 Å². The van der Waals surface area contributed by atoms with E-state index in [1.807, 2.05) is 13.2 Å². The summed E-state index contributed by atoms with van der Waals surface area (Å²) in [6, 6.07) is 4.71. The van der Waals surface area contributed by atoms with E-state index in [-0.39, 0.29) is 11.9 Å². The first-order valence-corrected chi connectivity index (χ1v) is 6.46. The van der Waals surface area contributed by atoms with Crippen molar-refractivity contribution < 1.29 is 4.39 Å². The predicted octanol–water partition coefficient (Wildman–Crippen LogP) is 3.44. The lowest BCUT2D eigenvalue weighted by Gasteiger charge is -2.16. The second kappa shape index (κ2) is 5.58. The van der Waals surface area contributed by atoms with Crippen molar-refractivity contribution in [3.8, 4) is 0 Å². The van der Waals surface area contributed by atoms with Crippen LogP contribution in [0.5, 0.6) is 0 Å². The van der Waals surface area contributed by atoms with Crippen LogP contribution in [-0.2, 0) is 6.42 Å². The highest BCUT2D eigenvalue weighted by Crippen LogP contribution is 2.24. The van der Waals surface area contributed by atoms with Gasteiger partial charge in [0.25, 0.3) is 0 Å². The molecule has 1 unspecified atom stereocenters. The lowest BCUT2D eigenvalue weighted by atomic mass is 10.0. The van der Waals surface area contributed by atoms with Crippen molar-refractivity contribution in [3.05, 3.63) is 51.2 Å². The largest absolute Gasteiger partial charge is 0.313 e. The van der Waals surface area contributed by atoms with Gasteiger partial charge in [0.05, 0.1) is 5.51 Å². The number of thiazole rings is 1. The maximum absolute atomic E-state index is 13.8. The molecule has 90 valence electrons. The lowest BCUT2D eigenvalue weighted by molar-refractivity contribution is 0.536. The molecule has 1 atom stereocenters. The Labute approximate surface area is 108 Å². The molecular weight excluding hydrogens is 259 g/mol. The molecule has 5 heteroatoms. The van der Waals surface area contributed by atoms with Crippen LogP contribution in [-0.4, -0.2) is 12.0 Å². The van der Waals surface area contributed by atoms with E-state index in [1.54, 1.807) is 29.0 Å². The molecule has 0 aliphatic heterocycles. The van der Waals surface area contributed by atoms with Gasteiger partial charge in [0.1, 0.15) is 5.82 Å². The molecule has 0 saturated heterocycles. The molecule has 0 saturated carbocycles. The number of rotatable bonds is 4. The van der Waals surface area contributed by atoms with E-state index < -0.39 is 0 Å². The van der Waals surface area contributed by atoms with Gasteiger partial charge < -0.3 is 5.32 Å². The molecule has 1 heterocycles. The minimum atomic E-state index is -0.277. The second-order valence-electron chi connectivity index (χ2n) is 3.68. The molecule has 0 spiro atoms. The molecular formula is C12H12ClFN2S. The summed E-state index contributed by atoms with van der Waals surface area (Å²) in [6.45, 7) is 0. The summed E-state index contributed by atoms with van der Waals surface area (Å²) in [5.41, 5.74) is 2.41. The minimum absolute atomic E-state index is 0.0623. The predicted molar refractivity (Wildman–Crippen MR) is 69.0 cm³/mol. The highest BCUT2D eigenvalue weighted by molar-refractivity contribution is 7.09. The Kier molecular flexibility index (Phi) is 4.10. The number of hydrogen-bond acceptors (Lipinski definition) is 3. The summed E-state index contributed by atoms with van der Waals surface area (Å²) < 4.78 is 13.8. The number of nitrogens with one attached hydrogen (secondary N) is 1. The van der Waals surface area contributed by atoms with Gasteiger partial charge in [0.15, 0.2) is 0 Å². The van der Waals surface area contributed by atoms with Crippen LogP contribution in [0.25, 0.3) is 0 Å². The smallest absolute Gasteiger partial charge is 0.129 e. The number of likely N-dealkylation sites (N-methyl/N-ethyl adjacent to an activating group) is 1. The Balaban J connectivity index is 2.23. The summed E-state index contributed by atoms with van der Waals surface area (Å²) in [7, 11) is 1.82. The van der Waals surface area contributed by atoms with Gasteiger partial charge in [-0.3, -0.25) is 4.98 Å². The van der Waals surface area contributed by atoms with Crippen LogP contribution in [0, 0.1) is 5.82 Å². The van der Waals surface area contributed by atoms with Gasteiger partial charge in [-0.1, -0.05) is 17.7 Å². The van der Waals surface area contributed by atoms with E-state index in [0.29, 0.717) is 10.6 Å². The van der Waals surface area contributed by atoms with Crippen molar-refractivity contribution >= 4 is 22.9 Å². The topological polar surface area (TPSA) is 24.9 Å². The first-order valence-electron chi connectivity index (χ1n) is 5.20. The van der Waals surface area contributed by atoms with Crippen LogP contribution >= 0.6 is 22.9 Å². The zero-order valence-electron chi connectivity index (χ0n) is 9.28. The Bertz CT molecular complexity index is 487. The van der Waals surface area contributed by atoms with Gasteiger partial charge in [-0.15, -0.1) is 11.3 Å². The fourth-order valence-electron chi connectivity index (χ4n) is 1.70. The first-order chi connectivity index (χ1) is 8.20. The molecule has 0 aliphatic carbocycles. The summed E-state index contributed by atoms with van der Waals surface area (Å²) in [5, 5.41) is 3.53. The molecule has 2 nitrogen and oxygen atoms in total. The minimum Gasteiger partial charge on any atom is -0.313 e. The van der Waals surface area contributed by atoms with Crippen molar-refractivity contribution in [2.24, 2.45) is 0 Å². The van der Waals surface area contributed by atoms with E-state index in [4.69, 9.17) is 11.6 Å². The van der Waals surface area contributed by atoms with Crippen LogP contribution in [0.2, 0.25) is 5.02 Å². The SMILES string of the molecule is CNC(Cc1cncs1)c1ccc(Cl)cc1F. The molecule has 1 N–H and O–H groups in total. The van der Waals surface area contributed by atoms with Crippen LogP contribution in [0.4, 0.5) is 4.39 Å². The third-order valence-electron chi connectivity index (χ3n) is 2.58. The molecule has 0 radical (unpaired) electrons. The monoisotopic (exact) mass is 270 g/mol. The van der Waals surface area contributed by atoms with Crippen LogP contribution in [0.3, 0.4) is 0 Å². The Morgan fingerprint density at radius 2 is 2.35 bits per heavy atom. The number of hydrogen-bond donors (Lipinski definition) is 1. The Morgan fingerprint density at radius 1 is 1.53 bits per heavy atom. The average molecular weight is 271 g/mol. The van der Waals surface area contributed by atoms with Gasteiger partial charge >= 0.3 is 0 Å². The molecule has 0 fully saturated rings.